The third-order valence-electron chi connectivity index (χ3n) is 5.72. The predicted octanol–water partition coefficient (Wildman–Crippen LogP) is 4.57. The van der Waals surface area contributed by atoms with E-state index in [9.17, 15) is 0 Å². The normalized spacial score (nSPS) is 22.9. The van der Waals surface area contributed by atoms with E-state index < -0.39 is 0 Å². The fourth-order valence-corrected chi connectivity index (χ4v) is 4.36. The van der Waals surface area contributed by atoms with Crippen molar-refractivity contribution in [2.45, 2.75) is 64.5 Å². The van der Waals surface area contributed by atoms with Gasteiger partial charge in [-0.05, 0) is 57.6 Å². The number of H-pyrrole nitrogens is 1. The van der Waals surface area contributed by atoms with E-state index in [2.05, 4.69) is 60.3 Å². The second-order valence-corrected chi connectivity index (χ2v) is 8.18. The molecule has 27 heavy (non-hydrogen) atoms. The summed E-state index contributed by atoms with van der Waals surface area (Å²) in [4.78, 5) is 13.0. The lowest BCUT2D eigenvalue weighted by Gasteiger charge is -2.35. The number of aromatic nitrogens is 3. The zero-order valence-electron chi connectivity index (χ0n) is 16.5. The molecule has 0 radical (unpaired) electrons. The number of para-hydroxylation sites is 1. The number of nitrogens with one attached hydrogen (secondary N) is 2. The lowest BCUT2D eigenvalue weighted by molar-refractivity contribution is 0.302. The van der Waals surface area contributed by atoms with Crippen molar-refractivity contribution < 1.29 is 0 Å². The van der Waals surface area contributed by atoms with E-state index in [-0.39, 0.29) is 5.54 Å². The Morgan fingerprint density at radius 3 is 2.93 bits per heavy atom. The second kappa shape index (κ2) is 6.97. The number of rotatable bonds is 4. The fraction of sp³-hybridized carbons (Fsp3) is 0.455. The van der Waals surface area contributed by atoms with Crippen molar-refractivity contribution in [2.24, 2.45) is 5.73 Å². The van der Waals surface area contributed by atoms with E-state index in [4.69, 9.17) is 10.7 Å². The van der Waals surface area contributed by atoms with Crippen molar-refractivity contribution in [3.63, 3.8) is 0 Å². The molecule has 1 saturated carbocycles. The van der Waals surface area contributed by atoms with Crippen molar-refractivity contribution in [2.75, 3.05) is 5.32 Å². The Morgan fingerprint density at radius 1 is 1.33 bits per heavy atom. The van der Waals surface area contributed by atoms with Crippen molar-refractivity contribution in [3.8, 4) is 11.3 Å². The number of aromatic amines is 1. The first kappa shape index (κ1) is 18.0. The number of nitrogens with two attached hydrogens (primary N) is 1. The zero-order chi connectivity index (χ0) is 19.0. The SMILES string of the molecule is CCc1cnc(NC2CCCC(C)(N)C2)nc1-c1c(C)[nH]c2ccccc12. The third kappa shape index (κ3) is 3.56. The Hall–Kier alpha value is -2.40. The lowest BCUT2D eigenvalue weighted by Crippen LogP contribution is -2.45. The number of hydrogen-bond acceptors (Lipinski definition) is 4. The van der Waals surface area contributed by atoms with Crippen LogP contribution in [-0.4, -0.2) is 26.5 Å². The molecule has 142 valence electrons. The minimum Gasteiger partial charge on any atom is -0.358 e. The largest absolute Gasteiger partial charge is 0.358 e. The second-order valence-electron chi connectivity index (χ2n) is 8.18. The molecule has 0 bridgehead atoms. The molecule has 2 atom stereocenters. The molecule has 4 N–H and O–H groups in total. The number of benzene rings is 1. The summed E-state index contributed by atoms with van der Waals surface area (Å²) < 4.78 is 0. The summed E-state index contributed by atoms with van der Waals surface area (Å²) >= 11 is 0. The topological polar surface area (TPSA) is 79.6 Å². The summed E-state index contributed by atoms with van der Waals surface area (Å²) in [7, 11) is 0. The highest BCUT2D eigenvalue weighted by Crippen LogP contribution is 2.34. The van der Waals surface area contributed by atoms with Crippen LogP contribution in [0.3, 0.4) is 0 Å². The smallest absolute Gasteiger partial charge is 0.223 e. The van der Waals surface area contributed by atoms with E-state index in [0.29, 0.717) is 12.0 Å². The van der Waals surface area contributed by atoms with Gasteiger partial charge in [0.25, 0.3) is 0 Å². The van der Waals surface area contributed by atoms with Gasteiger partial charge in [-0.1, -0.05) is 25.1 Å². The summed E-state index contributed by atoms with van der Waals surface area (Å²) in [6.07, 6.45) is 7.17. The maximum absolute atomic E-state index is 6.37. The molecule has 0 aliphatic heterocycles. The minimum absolute atomic E-state index is 0.102. The molecule has 5 nitrogen and oxygen atoms in total. The Labute approximate surface area is 160 Å². The molecule has 0 saturated heterocycles. The van der Waals surface area contributed by atoms with Gasteiger partial charge in [0, 0.05) is 39.9 Å². The van der Waals surface area contributed by atoms with Crippen LogP contribution in [0.4, 0.5) is 5.95 Å². The highest BCUT2D eigenvalue weighted by atomic mass is 15.1. The van der Waals surface area contributed by atoms with E-state index in [0.717, 1.165) is 49.0 Å². The van der Waals surface area contributed by atoms with Crippen LogP contribution in [0, 0.1) is 6.92 Å². The molecular formula is C22H29N5. The zero-order valence-corrected chi connectivity index (χ0v) is 16.5. The summed E-state index contributed by atoms with van der Waals surface area (Å²) in [6.45, 7) is 6.41. The van der Waals surface area contributed by atoms with Crippen molar-refractivity contribution in [1.82, 2.24) is 15.0 Å². The van der Waals surface area contributed by atoms with Crippen LogP contribution >= 0.6 is 0 Å². The monoisotopic (exact) mass is 363 g/mol. The number of nitrogens with zero attached hydrogens (tertiary/aromatic N) is 2. The standard InChI is InChI=1S/C22H29N5/c1-4-15-13-24-21(26-16-8-7-11-22(3,23)12-16)27-20(15)19-14(2)25-18-10-6-5-9-17(18)19/h5-6,9-10,13,16,25H,4,7-8,11-12,23H2,1-3H3,(H,24,26,27). The van der Waals surface area contributed by atoms with Gasteiger partial charge in [-0.2, -0.15) is 0 Å². The van der Waals surface area contributed by atoms with E-state index in [1.165, 1.54) is 16.5 Å². The molecular weight excluding hydrogens is 334 g/mol. The maximum Gasteiger partial charge on any atom is 0.223 e. The van der Waals surface area contributed by atoms with Gasteiger partial charge in [0.2, 0.25) is 5.95 Å². The number of aryl methyl sites for hydroxylation is 2. The fourth-order valence-electron chi connectivity index (χ4n) is 4.36. The molecule has 2 heterocycles. The average Bonchev–Trinajstić information content (AvgIpc) is 2.96. The molecule has 1 fully saturated rings. The van der Waals surface area contributed by atoms with Crippen molar-refractivity contribution >= 4 is 16.9 Å². The Bertz CT molecular complexity index is 956. The Morgan fingerprint density at radius 2 is 2.15 bits per heavy atom. The van der Waals surface area contributed by atoms with Crippen LogP contribution in [-0.2, 0) is 6.42 Å². The van der Waals surface area contributed by atoms with Crippen LogP contribution in [0.25, 0.3) is 22.2 Å². The van der Waals surface area contributed by atoms with Crippen LogP contribution < -0.4 is 11.1 Å². The van der Waals surface area contributed by atoms with Gasteiger partial charge in [-0.15, -0.1) is 0 Å². The molecule has 0 amide bonds. The third-order valence-corrected chi connectivity index (χ3v) is 5.72. The molecule has 1 aromatic carbocycles. The molecule has 2 unspecified atom stereocenters. The van der Waals surface area contributed by atoms with Gasteiger partial charge in [0.05, 0.1) is 5.69 Å². The van der Waals surface area contributed by atoms with Gasteiger partial charge >= 0.3 is 0 Å². The van der Waals surface area contributed by atoms with Crippen LogP contribution in [0.2, 0.25) is 0 Å². The predicted molar refractivity (Wildman–Crippen MR) is 112 cm³/mol. The number of anilines is 1. The average molecular weight is 364 g/mol. The van der Waals surface area contributed by atoms with E-state index >= 15 is 0 Å². The molecule has 1 aliphatic rings. The van der Waals surface area contributed by atoms with Gasteiger partial charge < -0.3 is 16.0 Å². The van der Waals surface area contributed by atoms with Crippen LogP contribution in [0.15, 0.2) is 30.5 Å². The first-order valence-corrected chi connectivity index (χ1v) is 9.96. The summed E-state index contributed by atoms with van der Waals surface area (Å²) in [5.74, 6) is 0.703. The van der Waals surface area contributed by atoms with Crippen molar-refractivity contribution in [3.05, 3.63) is 41.7 Å². The molecule has 3 aromatic rings. The highest BCUT2D eigenvalue weighted by molar-refractivity contribution is 5.97. The Balaban J connectivity index is 1.72. The van der Waals surface area contributed by atoms with Gasteiger partial charge in [-0.3, -0.25) is 0 Å². The molecule has 0 spiro atoms. The summed E-state index contributed by atoms with van der Waals surface area (Å²) in [6, 6.07) is 8.74. The van der Waals surface area contributed by atoms with Crippen LogP contribution in [0.1, 0.15) is 50.8 Å². The number of hydrogen-bond donors (Lipinski definition) is 3. The summed E-state index contributed by atoms with van der Waals surface area (Å²) in [5.41, 5.74) is 11.9. The highest BCUT2D eigenvalue weighted by Gasteiger charge is 2.29. The lowest BCUT2D eigenvalue weighted by atomic mass is 9.81. The van der Waals surface area contributed by atoms with Gasteiger partial charge in [-0.25, -0.2) is 9.97 Å². The minimum atomic E-state index is -0.102. The first-order valence-electron chi connectivity index (χ1n) is 9.96. The van der Waals surface area contributed by atoms with Crippen molar-refractivity contribution in [1.29, 1.82) is 0 Å². The molecule has 5 heteroatoms. The first-order chi connectivity index (χ1) is 13.0. The molecule has 4 rings (SSSR count). The van der Waals surface area contributed by atoms with E-state index in [1.807, 2.05) is 6.20 Å². The Kier molecular flexibility index (Phi) is 4.64. The summed E-state index contributed by atoms with van der Waals surface area (Å²) in [5, 5.41) is 4.75. The quantitative estimate of drug-likeness (QED) is 0.634. The van der Waals surface area contributed by atoms with Gasteiger partial charge in [0.15, 0.2) is 0 Å². The number of fused-ring (bicyclic) bond motifs is 1. The van der Waals surface area contributed by atoms with E-state index in [1.54, 1.807) is 0 Å². The van der Waals surface area contributed by atoms with Crippen LogP contribution in [0.5, 0.6) is 0 Å². The van der Waals surface area contributed by atoms with Gasteiger partial charge in [0.1, 0.15) is 0 Å². The molecule has 1 aliphatic carbocycles. The maximum atomic E-state index is 6.37. The molecule has 2 aromatic heterocycles.